The van der Waals surface area contributed by atoms with Crippen LogP contribution in [-0.4, -0.2) is 23.5 Å². The standard InChI is InChI=1S/C57H57N8.C2H3N.ClH.2F6P/c1-7-46-25-52(13-1)37-64-38-53-14-2-8-47(26-53)33-60-21-23-62(44-60)35-50-11-5-17-56(29-50)41-65(40-55-16-4-10-49(28-55)32-59-20-19-58(31-46)43-59)42-57-18-6-12-51(30-57)36-63-24-22-61(45-63)34-48-9-3-15-54(27-48)39-64;1-2-3;;2*1-7(2,3,4,5)6/h1-30,43-45H,31-42H2;1H3;1H;;/q+3;;;2*-1/p-1. The Labute approximate surface area is 479 Å². The largest absolute Gasteiger partial charge is 1.00 e. The van der Waals surface area contributed by atoms with Crippen molar-refractivity contribution in [3.05, 3.63) is 269 Å². The molecule has 24 heteroatoms. The third kappa shape index (κ3) is 24.2. The average Bonchev–Trinajstić information content (AvgIpc) is 4.29. The molecular weight excluding hydrogens is 1160 g/mol. The zero-order valence-electron chi connectivity index (χ0n) is 44.9. The van der Waals surface area contributed by atoms with Crippen LogP contribution in [0.3, 0.4) is 0 Å². The number of imidazole rings is 3. The molecule has 9 aromatic rings. The first-order chi connectivity index (χ1) is 38.3. The van der Waals surface area contributed by atoms with Gasteiger partial charge in [0.2, 0.25) is 19.0 Å². The summed E-state index contributed by atoms with van der Waals surface area (Å²) < 4.78 is 132. The fraction of sp³-hybridized carbons (Fsp3) is 0.220. The summed E-state index contributed by atoms with van der Waals surface area (Å²) in [4.78, 5) is 5.21. The van der Waals surface area contributed by atoms with Crippen molar-refractivity contribution >= 4 is 15.6 Å². The van der Waals surface area contributed by atoms with Crippen LogP contribution in [0.15, 0.2) is 202 Å². The molecule has 12 rings (SSSR count). The third-order valence-corrected chi connectivity index (χ3v) is 12.8. The first kappa shape index (κ1) is 63.3. The van der Waals surface area contributed by atoms with Crippen LogP contribution in [0.1, 0.15) is 73.7 Å². The molecular formula is C59H60ClF12N9P2. The Kier molecular flexibility index (Phi) is 18.7. The molecule has 0 saturated heterocycles. The second kappa shape index (κ2) is 24.5. The van der Waals surface area contributed by atoms with E-state index >= 15 is 0 Å². The normalized spacial score (nSPS) is 17.2. The van der Waals surface area contributed by atoms with Gasteiger partial charge in [0.1, 0.15) is 76.4 Å². The van der Waals surface area contributed by atoms with Gasteiger partial charge >= 0.3 is 66.0 Å². The van der Waals surface area contributed by atoms with Crippen LogP contribution in [0, 0.1) is 11.3 Å². The van der Waals surface area contributed by atoms with Crippen LogP contribution in [0.25, 0.3) is 0 Å². The van der Waals surface area contributed by atoms with Crippen molar-refractivity contribution < 1.29 is 76.5 Å². The van der Waals surface area contributed by atoms with Crippen LogP contribution in [-0.2, 0) is 78.5 Å². The van der Waals surface area contributed by atoms with E-state index in [2.05, 4.69) is 239 Å². The maximum Gasteiger partial charge on any atom is 0.244 e. The zero-order valence-corrected chi connectivity index (χ0v) is 47.4. The van der Waals surface area contributed by atoms with Crippen molar-refractivity contribution in [1.82, 2.24) is 23.5 Å². The molecule has 442 valence electrons. The monoisotopic (exact) mass is 1220 g/mol. The van der Waals surface area contributed by atoms with Gasteiger partial charge in [-0.15, -0.1) is 0 Å². The van der Waals surface area contributed by atoms with Crippen LogP contribution in [0.4, 0.5) is 50.4 Å². The first-order valence-corrected chi connectivity index (χ1v) is 29.9. The summed E-state index contributed by atoms with van der Waals surface area (Å²) in [5.74, 6) is 0. The Hall–Kier alpha value is -7.33. The molecule has 0 amide bonds. The van der Waals surface area contributed by atoms with Gasteiger partial charge in [-0.3, -0.25) is 9.80 Å². The Morgan fingerprint density at radius 3 is 0.711 bits per heavy atom. The number of nitriles is 1. The molecule has 3 aromatic heterocycles. The van der Waals surface area contributed by atoms with Gasteiger partial charge in [-0.1, -0.05) is 146 Å². The van der Waals surface area contributed by atoms with Gasteiger partial charge in [0, 0.05) is 46.2 Å². The molecule has 0 N–H and O–H groups in total. The molecule has 9 nitrogen and oxygen atoms in total. The van der Waals surface area contributed by atoms with Crippen molar-refractivity contribution in [3.8, 4) is 6.07 Å². The van der Waals surface area contributed by atoms with Crippen molar-refractivity contribution in [2.24, 2.45) is 0 Å². The van der Waals surface area contributed by atoms with Gasteiger partial charge in [-0.25, -0.2) is 27.4 Å². The molecule has 0 fully saturated rings. The van der Waals surface area contributed by atoms with E-state index in [9.17, 15) is 50.4 Å². The van der Waals surface area contributed by atoms with E-state index in [0.717, 1.165) is 78.5 Å². The Morgan fingerprint density at radius 1 is 0.337 bits per heavy atom. The van der Waals surface area contributed by atoms with Gasteiger partial charge in [0.25, 0.3) is 0 Å². The number of rotatable bonds is 0. The molecule has 0 aliphatic carbocycles. The summed E-state index contributed by atoms with van der Waals surface area (Å²) in [6.07, 6.45) is 20.0. The number of nitrogens with zero attached hydrogens (tertiary/aromatic N) is 9. The molecule has 83 heavy (non-hydrogen) atoms. The minimum atomic E-state index is -10.7. The number of hydrogen-bond donors (Lipinski definition) is 0. The summed E-state index contributed by atoms with van der Waals surface area (Å²) in [7, 11) is -21.3. The van der Waals surface area contributed by atoms with Crippen molar-refractivity contribution in [1.29, 1.82) is 5.26 Å². The number of hydrogen-bond acceptors (Lipinski definition) is 3. The van der Waals surface area contributed by atoms with Gasteiger partial charge in [0.15, 0.2) is 0 Å². The molecule has 0 saturated carbocycles. The van der Waals surface area contributed by atoms with Crippen LogP contribution >= 0.6 is 15.6 Å². The molecule has 6 aromatic carbocycles. The summed E-state index contributed by atoms with van der Waals surface area (Å²) in [5.41, 5.74) is 15.8. The topological polar surface area (TPSA) is 56.7 Å². The summed E-state index contributed by atoms with van der Waals surface area (Å²) in [6.45, 7) is 11.4. The smallest absolute Gasteiger partial charge is 0.244 e. The van der Waals surface area contributed by atoms with E-state index in [0.29, 0.717) is 0 Å². The third-order valence-electron chi connectivity index (χ3n) is 12.8. The van der Waals surface area contributed by atoms with Crippen LogP contribution in [0.2, 0.25) is 0 Å². The van der Waals surface area contributed by atoms with Crippen molar-refractivity contribution in [2.75, 3.05) is 0 Å². The minimum absolute atomic E-state index is 0. The quantitative estimate of drug-likeness (QED) is 0.0864. The predicted octanol–water partition coefficient (Wildman–Crippen LogP) is 12.6. The molecule has 0 unspecified atom stereocenters. The Balaban J connectivity index is 0.000000484. The first-order valence-electron chi connectivity index (χ1n) is 25.8. The maximum absolute atomic E-state index is 10.7. The minimum Gasteiger partial charge on any atom is -1.00 e. The van der Waals surface area contributed by atoms with Crippen molar-refractivity contribution in [2.45, 2.75) is 85.5 Å². The molecule has 3 aliphatic heterocycles. The Bertz CT molecular complexity index is 3120. The fourth-order valence-electron chi connectivity index (χ4n) is 9.99. The molecule has 3 aliphatic rings. The number of aromatic nitrogens is 6. The van der Waals surface area contributed by atoms with E-state index < -0.39 is 15.6 Å². The summed E-state index contributed by atoms with van der Waals surface area (Å²) in [5, 5.41) is 7.32. The van der Waals surface area contributed by atoms with Crippen LogP contribution in [0.5, 0.6) is 0 Å². The SMILES string of the molecule is CC#N.F[P-](F)(F)(F)(F)F.F[P-](F)(F)(F)(F)F.[Cl-].c1cc2cc(c1)Cn1cc[n+](c1)Cc1cccc(c1)CN1Cc3cccc(c3)C[n+]3ccn(c3)Cc3cccc(c3)CN(C2)Cc2cccc(c2)Cn2cc[n+](c2)Cc2cccc(c2)C1. The fourth-order valence-corrected chi connectivity index (χ4v) is 9.99. The molecule has 0 atom stereocenters. The molecule has 6 heterocycles. The van der Waals surface area contributed by atoms with E-state index in [4.69, 9.17) is 5.26 Å². The van der Waals surface area contributed by atoms with Gasteiger partial charge in [0.05, 0.1) is 6.07 Å². The maximum atomic E-state index is 9.87. The number of benzene rings is 6. The summed E-state index contributed by atoms with van der Waals surface area (Å²) >= 11 is 0. The second-order valence-electron chi connectivity index (χ2n) is 20.6. The van der Waals surface area contributed by atoms with E-state index in [1.807, 2.05) is 0 Å². The van der Waals surface area contributed by atoms with Crippen molar-refractivity contribution in [3.63, 3.8) is 0 Å². The number of halogens is 13. The van der Waals surface area contributed by atoms with E-state index in [1.54, 1.807) is 6.07 Å². The molecule has 20 bridgehead atoms. The molecule has 0 radical (unpaired) electrons. The average molecular weight is 1220 g/mol. The predicted molar refractivity (Wildman–Crippen MR) is 291 cm³/mol. The molecule has 0 spiro atoms. The zero-order chi connectivity index (χ0) is 58.9. The van der Waals surface area contributed by atoms with Gasteiger partial charge < -0.3 is 12.4 Å². The van der Waals surface area contributed by atoms with Gasteiger partial charge in [-0.2, -0.15) is 5.26 Å². The van der Waals surface area contributed by atoms with Crippen LogP contribution < -0.4 is 26.1 Å². The van der Waals surface area contributed by atoms with Gasteiger partial charge in [-0.05, 0) is 66.8 Å². The van der Waals surface area contributed by atoms with E-state index in [1.165, 1.54) is 73.7 Å². The second-order valence-corrected chi connectivity index (χ2v) is 24.5. The summed E-state index contributed by atoms with van der Waals surface area (Å²) in [6, 6.07) is 56.9. The Morgan fingerprint density at radius 2 is 0.506 bits per heavy atom. The van der Waals surface area contributed by atoms with E-state index in [-0.39, 0.29) is 12.4 Å².